The van der Waals surface area contributed by atoms with E-state index in [1.165, 1.54) is 11.1 Å². The predicted octanol–water partition coefficient (Wildman–Crippen LogP) is 2.69. The maximum Gasteiger partial charge on any atom is 0.0797 e. The van der Waals surface area contributed by atoms with Crippen LogP contribution in [0, 0.1) is 0 Å². The third-order valence-corrected chi connectivity index (χ3v) is 2.16. The van der Waals surface area contributed by atoms with Crippen LogP contribution in [0.5, 0.6) is 0 Å². The van der Waals surface area contributed by atoms with E-state index in [0.29, 0.717) is 6.10 Å². The quantitative estimate of drug-likeness (QED) is 0.525. The molecule has 0 fully saturated rings. The van der Waals surface area contributed by atoms with E-state index in [4.69, 9.17) is 4.74 Å². The molecule has 0 amide bonds. The van der Waals surface area contributed by atoms with Crippen molar-refractivity contribution in [1.82, 2.24) is 0 Å². The Morgan fingerprint density at radius 2 is 2.09 bits per heavy atom. The van der Waals surface area contributed by atoms with Gasteiger partial charge < -0.3 is 4.74 Å². The first-order valence-electron chi connectivity index (χ1n) is 4.13. The highest BCUT2D eigenvalue weighted by Crippen LogP contribution is 2.20. The maximum atomic E-state index is 5.56. The summed E-state index contributed by atoms with van der Waals surface area (Å²) in [6.07, 6.45) is 5.56. The minimum absolute atomic E-state index is 0.323. The molecular formula is C10H16O. The van der Waals surface area contributed by atoms with Gasteiger partial charge in [-0.15, -0.1) is 0 Å². The fourth-order valence-corrected chi connectivity index (χ4v) is 1.23. The largest absolute Gasteiger partial charge is 0.369 e. The topological polar surface area (TPSA) is 9.23 Å². The smallest absolute Gasteiger partial charge is 0.0797 e. The van der Waals surface area contributed by atoms with E-state index in [9.17, 15) is 0 Å². The van der Waals surface area contributed by atoms with Crippen LogP contribution in [-0.2, 0) is 4.74 Å². The van der Waals surface area contributed by atoms with E-state index in [2.05, 4.69) is 26.0 Å². The second-order valence-electron chi connectivity index (χ2n) is 3.14. The number of ether oxygens (including phenoxy) is 1. The van der Waals surface area contributed by atoms with Crippen molar-refractivity contribution in [3.8, 4) is 0 Å². The Labute approximate surface area is 68.8 Å². The van der Waals surface area contributed by atoms with Crippen LogP contribution in [0.4, 0.5) is 0 Å². The number of hydrogen-bond acceptors (Lipinski definition) is 1. The zero-order valence-electron chi connectivity index (χ0n) is 7.55. The lowest BCUT2D eigenvalue weighted by molar-refractivity contribution is 0.0918. The molecule has 0 N–H and O–H groups in total. The molecular weight excluding hydrogens is 136 g/mol. The summed E-state index contributed by atoms with van der Waals surface area (Å²) in [4.78, 5) is 0. The minimum atomic E-state index is 0.323. The highest BCUT2D eigenvalue weighted by molar-refractivity contribution is 5.15. The second kappa shape index (κ2) is 3.72. The molecule has 0 bridgehead atoms. The molecule has 1 nitrogen and oxygen atoms in total. The predicted molar refractivity (Wildman–Crippen MR) is 47.5 cm³/mol. The lowest BCUT2D eigenvalue weighted by Crippen LogP contribution is -2.18. The van der Waals surface area contributed by atoms with E-state index in [1.54, 1.807) is 0 Å². The van der Waals surface area contributed by atoms with Gasteiger partial charge in [0, 0.05) is 0 Å². The molecule has 62 valence electrons. The van der Waals surface area contributed by atoms with Gasteiger partial charge in [0.05, 0.1) is 12.7 Å². The van der Waals surface area contributed by atoms with Crippen molar-refractivity contribution in [1.29, 1.82) is 0 Å². The molecule has 0 aromatic heterocycles. The minimum Gasteiger partial charge on any atom is -0.369 e. The van der Waals surface area contributed by atoms with Crippen molar-refractivity contribution in [3.63, 3.8) is 0 Å². The molecule has 0 saturated heterocycles. The van der Waals surface area contributed by atoms with Gasteiger partial charge in [0.15, 0.2) is 0 Å². The van der Waals surface area contributed by atoms with Crippen LogP contribution in [0.3, 0.4) is 0 Å². The Kier molecular flexibility index (Phi) is 2.89. The Hall–Kier alpha value is -0.560. The highest BCUT2D eigenvalue weighted by atomic mass is 16.5. The van der Waals surface area contributed by atoms with Gasteiger partial charge >= 0.3 is 0 Å². The summed E-state index contributed by atoms with van der Waals surface area (Å²) < 4.78 is 5.56. The fraction of sp³-hybridized carbons (Fsp3) is 0.600. The molecule has 1 aliphatic heterocycles. The van der Waals surface area contributed by atoms with Gasteiger partial charge in [-0.2, -0.15) is 0 Å². The summed E-state index contributed by atoms with van der Waals surface area (Å²) in [5.41, 5.74) is 2.88. The number of rotatable bonds is 1. The van der Waals surface area contributed by atoms with Crippen LogP contribution >= 0.6 is 0 Å². The van der Waals surface area contributed by atoms with Gasteiger partial charge in [-0.1, -0.05) is 17.7 Å². The first-order chi connectivity index (χ1) is 5.24. The molecule has 0 radical (unpaired) electrons. The van der Waals surface area contributed by atoms with Gasteiger partial charge in [0.1, 0.15) is 0 Å². The molecule has 0 aliphatic carbocycles. The lowest BCUT2D eigenvalue weighted by Gasteiger charge is -2.22. The van der Waals surface area contributed by atoms with Crippen LogP contribution in [0.15, 0.2) is 23.3 Å². The third-order valence-electron chi connectivity index (χ3n) is 2.16. The van der Waals surface area contributed by atoms with Crippen LogP contribution < -0.4 is 0 Å². The average Bonchev–Trinajstić information content (AvgIpc) is 1.98. The molecule has 0 spiro atoms. The van der Waals surface area contributed by atoms with Gasteiger partial charge in [-0.05, 0) is 32.8 Å². The summed E-state index contributed by atoms with van der Waals surface area (Å²) in [6, 6.07) is 0. The SMILES string of the molecule is C/C=C/C1CC(C)=C(C)CO1. The first kappa shape index (κ1) is 8.54. The van der Waals surface area contributed by atoms with Crippen LogP contribution in [-0.4, -0.2) is 12.7 Å². The lowest BCUT2D eigenvalue weighted by atomic mass is 10.0. The normalized spacial score (nSPS) is 26.6. The standard InChI is InChI=1S/C10H16O/c1-4-5-10-6-8(2)9(3)7-11-10/h4-5,10H,6-7H2,1-3H3/b5-4+. The van der Waals surface area contributed by atoms with Crippen molar-refractivity contribution in [2.24, 2.45) is 0 Å². The Morgan fingerprint density at radius 3 is 2.64 bits per heavy atom. The van der Waals surface area contributed by atoms with Gasteiger partial charge in [0.25, 0.3) is 0 Å². The fourth-order valence-electron chi connectivity index (χ4n) is 1.23. The highest BCUT2D eigenvalue weighted by Gasteiger charge is 2.13. The van der Waals surface area contributed by atoms with Crippen molar-refractivity contribution in [3.05, 3.63) is 23.3 Å². The molecule has 0 saturated carbocycles. The van der Waals surface area contributed by atoms with Crippen molar-refractivity contribution in [2.75, 3.05) is 6.61 Å². The Balaban J connectivity index is 2.57. The summed E-state index contributed by atoms with van der Waals surface area (Å²) in [7, 11) is 0. The van der Waals surface area contributed by atoms with Crippen molar-refractivity contribution in [2.45, 2.75) is 33.3 Å². The molecule has 1 heteroatoms. The monoisotopic (exact) mass is 152 g/mol. The van der Waals surface area contributed by atoms with Gasteiger partial charge in [-0.3, -0.25) is 0 Å². The molecule has 0 aromatic carbocycles. The first-order valence-corrected chi connectivity index (χ1v) is 4.13. The molecule has 1 heterocycles. The zero-order chi connectivity index (χ0) is 8.27. The van der Waals surface area contributed by atoms with E-state index < -0.39 is 0 Å². The number of allylic oxidation sites excluding steroid dienone is 1. The second-order valence-corrected chi connectivity index (χ2v) is 3.14. The van der Waals surface area contributed by atoms with E-state index in [0.717, 1.165) is 13.0 Å². The van der Waals surface area contributed by atoms with E-state index >= 15 is 0 Å². The number of hydrogen-bond donors (Lipinski definition) is 0. The van der Waals surface area contributed by atoms with Crippen LogP contribution in [0.2, 0.25) is 0 Å². The van der Waals surface area contributed by atoms with Crippen molar-refractivity contribution < 1.29 is 4.74 Å². The molecule has 1 rings (SSSR count). The van der Waals surface area contributed by atoms with E-state index in [1.807, 2.05) is 6.92 Å². The maximum absolute atomic E-state index is 5.56. The molecule has 1 aliphatic rings. The summed E-state index contributed by atoms with van der Waals surface area (Å²) >= 11 is 0. The zero-order valence-corrected chi connectivity index (χ0v) is 7.55. The van der Waals surface area contributed by atoms with Crippen LogP contribution in [0.25, 0.3) is 0 Å². The molecule has 0 aromatic rings. The summed E-state index contributed by atoms with van der Waals surface area (Å²) in [5, 5.41) is 0. The molecule has 1 unspecified atom stereocenters. The van der Waals surface area contributed by atoms with Crippen molar-refractivity contribution >= 4 is 0 Å². The Morgan fingerprint density at radius 1 is 1.36 bits per heavy atom. The van der Waals surface area contributed by atoms with Crippen LogP contribution in [0.1, 0.15) is 27.2 Å². The molecule has 11 heavy (non-hydrogen) atoms. The van der Waals surface area contributed by atoms with Gasteiger partial charge in [0.2, 0.25) is 0 Å². The van der Waals surface area contributed by atoms with E-state index in [-0.39, 0.29) is 0 Å². The Bertz CT molecular complexity index is 189. The van der Waals surface area contributed by atoms with Gasteiger partial charge in [-0.25, -0.2) is 0 Å². The summed E-state index contributed by atoms with van der Waals surface area (Å²) in [6.45, 7) is 7.17. The summed E-state index contributed by atoms with van der Waals surface area (Å²) in [5.74, 6) is 0. The third kappa shape index (κ3) is 2.19. The average molecular weight is 152 g/mol. The molecule has 1 atom stereocenters.